The summed E-state index contributed by atoms with van der Waals surface area (Å²) in [6.07, 6.45) is 0.227. The number of phenols is 1. The highest BCUT2D eigenvalue weighted by atomic mass is 16.3. The molecule has 0 heterocycles. The molecule has 0 aliphatic rings. The molecule has 0 fully saturated rings. The minimum atomic E-state index is -1.48. The maximum Gasteiger partial charge on any atom is 0.237 e. The van der Waals surface area contributed by atoms with Gasteiger partial charge < -0.3 is 31.5 Å². The monoisotopic (exact) mass is 284 g/mol. The van der Waals surface area contributed by atoms with Crippen LogP contribution in [0.2, 0.25) is 0 Å². The number of nitrogens with two attached hydrogens (primary N) is 1. The Morgan fingerprint density at radius 1 is 1.15 bits per heavy atom. The summed E-state index contributed by atoms with van der Waals surface area (Å²) < 4.78 is 0. The fourth-order valence-electron chi connectivity index (χ4n) is 1.60. The lowest BCUT2D eigenvalue weighted by atomic mass is 10.0. The summed E-state index contributed by atoms with van der Waals surface area (Å²) in [5.41, 5.74) is 5.01. The SMILES string of the molecule is N[C@@H](Cc1ccc(O)cc1)C(=O)NC(CO)(CO)CO. The maximum absolute atomic E-state index is 11.9. The minimum Gasteiger partial charge on any atom is -0.508 e. The van der Waals surface area contributed by atoms with Crippen molar-refractivity contribution >= 4 is 5.91 Å². The molecule has 1 amide bonds. The van der Waals surface area contributed by atoms with Gasteiger partial charge in [-0.15, -0.1) is 0 Å². The minimum absolute atomic E-state index is 0.117. The van der Waals surface area contributed by atoms with E-state index in [0.29, 0.717) is 0 Å². The molecule has 112 valence electrons. The molecule has 1 aromatic carbocycles. The van der Waals surface area contributed by atoms with Crippen molar-refractivity contribution in [2.24, 2.45) is 5.73 Å². The molecule has 0 radical (unpaired) electrons. The van der Waals surface area contributed by atoms with Gasteiger partial charge in [0.1, 0.15) is 11.3 Å². The molecule has 0 unspecified atom stereocenters. The number of aliphatic hydroxyl groups is 3. The van der Waals surface area contributed by atoms with E-state index in [4.69, 9.17) is 26.2 Å². The standard InChI is InChI=1S/C13H20N2O5/c14-11(5-9-1-3-10(19)4-2-9)12(20)15-13(6-16,7-17)8-18/h1-4,11,16-19H,5-8,14H2,(H,15,20)/t11-/m0/s1. The summed E-state index contributed by atoms with van der Waals surface area (Å²) in [4.78, 5) is 11.9. The molecule has 0 saturated heterocycles. The summed E-state index contributed by atoms with van der Waals surface area (Å²) in [6, 6.07) is 5.35. The third kappa shape index (κ3) is 4.17. The maximum atomic E-state index is 11.9. The van der Waals surface area contributed by atoms with Crippen LogP contribution < -0.4 is 11.1 Å². The van der Waals surface area contributed by atoms with Crippen molar-refractivity contribution in [2.75, 3.05) is 19.8 Å². The molecule has 0 spiro atoms. The number of aromatic hydroxyl groups is 1. The van der Waals surface area contributed by atoms with E-state index in [9.17, 15) is 4.79 Å². The van der Waals surface area contributed by atoms with Crippen molar-refractivity contribution in [1.29, 1.82) is 0 Å². The summed E-state index contributed by atoms with van der Waals surface area (Å²) in [5.74, 6) is -0.471. The molecular formula is C13H20N2O5. The lowest BCUT2D eigenvalue weighted by Crippen LogP contribution is -2.60. The quantitative estimate of drug-likeness (QED) is 0.346. The summed E-state index contributed by atoms with van der Waals surface area (Å²) in [5, 5.41) is 38.9. The number of carbonyl (C=O) groups excluding carboxylic acids is 1. The van der Waals surface area contributed by atoms with Crippen molar-refractivity contribution in [1.82, 2.24) is 5.32 Å². The normalized spacial score (nSPS) is 13.0. The second-order valence-corrected chi connectivity index (χ2v) is 4.72. The van der Waals surface area contributed by atoms with E-state index in [1.165, 1.54) is 12.1 Å². The molecule has 0 bridgehead atoms. The number of rotatable bonds is 7. The van der Waals surface area contributed by atoms with Crippen LogP contribution in [0.1, 0.15) is 5.56 Å². The first-order valence-corrected chi connectivity index (χ1v) is 6.14. The van der Waals surface area contributed by atoms with Gasteiger partial charge in [0.2, 0.25) is 5.91 Å². The van der Waals surface area contributed by atoms with E-state index in [1.54, 1.807) is 12.1 Å². The fourth-order valence-corrected chi connectivity index (χ4v) is 1.60. The number of phenolic OH excluding ortho intramolecular Hbond substituents is 1. The van der Waals surface area contributed by atoms with Gasteiger partial charge in [-0.3, -0.25) is 4.79 Å². The Morgan fingerprint density at radius 2 is 1.65 bits per heavy atom. The van der Waals surface area contributed by atoms with Crippen molar-refractivity contribution in [3.63, 3.8) is 0 Å². The molecule has 0 aliphatic heterocycles. The van der Waals surface area contributed by atoms with E-state index in [2.05, 4.69) is 5.32 Å². The highest BCUT2D eigenvalue weighted by Crippen LogP contribution is 2.11. The number of hydrogen-bond acceptors (Lipinski definition) is 6. The average molecular weight is 284 g/mol. The Hall–Kier alpha value is -1.67. The van der Waals surface area contributed by atoms with Gasteiger partial charge in [-0.05, 0) is 24.1 Å². The zero-order chi connectivity index (χ0) is 15.2. The Balaban J connectivity index is 2.65. The van der Waals surface area contributed by atoms with Crippen LogP contribution >= 0.6 is 0 Å². The number of carbonyl (C=O) groups is 1. The van der Waals surface area contributed by atoms with Gasteiger partial charge >= 0.3 is 0 Å². The van der Waals surface area contributed by atoms with Crippen molar-refractivity contribution < 1.29 is 25.2 Å². The second kappa shape index (κ2) is 7.20. The van der Waals surface area contributed by atoms with Crippen molar-refractivity contribution in [3.05, 3.63) is 29.8 Å². The number of nitrogens with one attached hydrogen (secondary N) is 1. The van der Waals surface area contributed by atoms with Crippen LogP contribution in [0.4, 0.5) is 0 Å². The molecule has 1 aromatic rings. The first-order valence-electron chi connectivity index (χ1n) is 6.14. The zero-order valence-corrected chi connectivity index (χ0v) is 11.0. The largest absolute Gasteiger partial charge is 0.508 e. The van der Waals surface area contributed by atoms with Gasteiger partial charge in [0.25, 0.3) is 0 Å². The first-order chi connectivity index (χ1) is 9.46. The molecule has 0 aromatic heterocycles. The fraction of sp³-hybridized carbons (Fsp3) is 0.462. The van der Waals surface area contributed by atoms with Crippen LogP contribution in [0.15, 0.2) is 24.3 Å². The zero-order valence-electron chi connectivity index (χ0n) is 11.0. The van der Waals surface area contributed by atoms with E-state index >= 15 is 0 Å². The summed E-state index contributed by atoms with van der Waals surface area (Å²) >= 11 is 0. The van der Waals surface area contributed by atoms with Gasteiger partial charge in [0.05, 0.1) is 25.9 Å². The van der Waals surface area contributed by atoms with Crippen LogP contribution in [0, 0.1) is 0 Å². The van der Waals surface area contributed by atoms with E-state index in [-0.39, 0.29) is 12.2 Å². The van der Waals surface area contributed by atoms with E-state index in [1.807, 2.05) is 0 Å². The first kappa shape index (κ1) is 16.4. The molecule has 1 atom stereocenters. The predicted molar refractivity (Wildman–Crippen MR) is 71.9 cm³/mol. The highest BCUT2D eigenvalue weighted by Gasteiger charge is 2.31. The van der Waals surface area contributed by atoms with Crippen LogP contribution in [0.3, 0.4) is 0 Å². The molecule has 7 nitrogen and oxygen atoms in total. The van der Waals surface area contributed by atoms with Crippen LogP contribution in [-0.4, -0.2) is 57.7 Å². The Bertz CT molecular complexity index is 423. The van der Waals surface area contributed by atoms with Gasteiger partial charge in [-0.2, -0.15) is 0 Å². The Kier molecular flexibility index (Phi) is 5.90. The van der Waals surface area contributed by atoms with E-state index < -0.39 is 37.3 Å². The van der Waals surface area contributed by atoms with Crippen molar-refractivity contribution in [3.8, 4) is 5.75 Å². The number of hydrogen-bond donors (Lipinski definition) is 6. The van der Waals surface area contributed by atoms with Crippen LogP contribution in [0.25, 0.3) is 0 Å². The predicted octanol–water partition coefficient (Wildman–Crippen LogP) is -1.91. The summed E-state index contributed by atoms with van der Waals surface area (Å²) in [7, 11) is 0. The van der Waals surface area contributed by atoms with Gasteiger partial charge in [-0.1, -0.05) is 12.1 Å². The molecule has 7 N–H and O–H groups in total. The Labute approximate surface area is 116 Å². The highest BCUT2D eigenvalue weighted by molar-refractivity contribution is 5.82. The van der Waals surface area contributed by atoms with Crippen molar-refractivity contribution in [2.45, 2.75) is 18.0 Å². The Morgan fingerprint density at radius 3 is 2.10 bits per heavy atom. The molecule has 7 heteroatoms. The average Bonchev–Trinajstić information content (AvgIpc) is 2.47. The lowest BCUT2D eigenvalue weighted by molar-refractivity contribution is -0.126. The molecule has 1 rings (SSSR count). The smallest absolute Gasteiger partial charge is 0.237 e. The van der Waals surface area contributed by atoms with Crippen LogP contribution in [0.5, 0.6) is 5.75 Å². The summed E-state index contributed by atoms with van der Waals surface area (Å²) in [6.45, 7) is -1.80. The number of benzene rings is 1. The lowest BCUT2D eigenvalue weighted by Gasteiger charge is -2.30. The second-order valence-electron chi connectivity index (χ2n) is 4.72. The molecule has 20 heavy (non-hydrogen) atoms. The molecular weight excluding hydrogens is 264 g/mol. The number of aliphatic hydroxyl groups excluding tert-OH is 3. The third-order valence-corrected chi connectivity index (χ3v) is 3.03. The third-order valence-electron chi connectivity index (χ3n) is 3.03. The van der Waals surface area contributed by atoms with E-state index in [0.717, 1.165) is 5.56 Å². The topological polar surface area (TPSA) is 136 Å². The van der Waals surface area contributed by atoms with Gasteiger partial charge in [0, 0.05) is 0 Å². The van der Waals surface area contributed by atoms with Gasteiger partial charge in [0.15, 0.2) is 0 Å². The molecule has 0 saturated carbocycles. The number of amides is 1. The van der Waals surface area contributed by atoms with Gasteiger partial charge in [-0.25, -0.2) is 0 Å². The van der Waals surface area contributed by atoms with Crippen LogP contribution in [-0.2, 0) is 11.2 Å². The molecule has 0 aliphatic carbocycles.